The van der Waals surface area contributed by atoms with Crippen molar-refractivity contribution in [3.05, 3.63) is 64.6 Å². The van der Waals surface area contributed by atoms with Crippen molar-refractivity contribution in [3.63, 3.8) is 0 Å². The molecule has 1 aromatic heterocycles. The maximum Gasteiger partial charge on any atom is 0.253 e. The highest BCUT2D eigenvalue weighted by molar-refractivity contribution is 5.99. The molecule has 5 nitrogen and oxygen atoms in total. The number of Topliss-reactive ketones (excluding diaryl/α,β-unsaturated/α-hetero) is 1. The molecule has 1 fully saturated rings. The molecule has 2 heterocycles. The predicted molar refractivity (Wildman–Crippen MR) is 112 cm³/mol. The quantitative estimate of drug-likeness (QED) is 0.682. The number of carbonyl (C=O) groups is 2. The molecule has 0 atom stereocenters. The van der Waals surface area contributed by atoms with Crippen molar-refractivity contribution in [3.8, 4) is 0 Å². The first kappa shape index (κ1) is 19.2. The van der Waals surface area contributed by atoms with E-state index in [9.17, 15) is 14.0 Å². The number of hydrogen-bond acceptors (Lipinski definition) is 3. The molecule has 3 aromatic rings. The van der Waals surface area contributed by atoms with E-state index in [2.05, 4.69) is 4.98 Å². The minimum Gasteiger partial charge on any atom is -0.366 e. The van der Waals surface area contributed by atoms with Crippen molar-refractivity contribution in [1.29, 1.82) is 0 Å². The van der Waals surface area contributed by atoms with E-state index in [0.29, 0.717) is 43.0 Å². The van der Waals surface area contributed by atoms with E-state index in [1.54, 1.807) is 12.1 Å². The first-order chi connectivity index (χ1) is 13.8. The summed E-state index contributed by atoms with van der Waals surface area (Å²) in [7, 11) is 0. The SMILES string of the molecule is CC(=O)c1ccc(N2CCN(C(=O)c3ccc4[nH]c(C)c(C)c4c3)CC2)c(F)c1. The van der Waals surface area contributed by atoms with Crippen LogP contribution in [0.25, 0.3) is 10.9 Å². The Morgan fingerprint density at radius 3 is 2.31 bits per heavy atom. The van der Waals surface area contributed by atoms with E-state index in [1.165, 1.54) is 13.0 Å². The molecule has 1 aliphatic rings. The molecular weight excluding hydrogens is 369 g/mol. The number of rotatable bonds is 3. The van der Waals surface area contributed by atoms with Crippen molar-refractivity contribution in [2.24, 2.45) is 0 Å². The fourth-order valence-electron chi connectivity index (χ4n) is 3.91. The maximum atomic E-state index is 14.4. The molecule has 0 bridgehead atoms. The summed E-state index contributed by atoms with van der Waals surface area (Å²) in [5.74, 6) is -0.561. The Hall–Kier alpha value is -3.15. The summed E-state index contributed by atoms with van der Waals surface area (Å²) < 4.78 is 14.4. The lowest BCUT2D eigenvalue weighted by Gasteiger charge is -2.36. The summed E-state index contributed by atoms with van der Waals surface area (Å²) in [6, 6.07) is 10.3. The number of hydrogen-bond donors (Lipinski definition) is 1. The highest BCUT2D eigenvalue weighted by atomic mass is 19.1. The van der Waals surface area contributed by atoms with Gasteiger partial charge in [0, 0.05) is 53.9 Å². The number of ketones is 1. The van der Waals surface area contributed by atoms with Crippen molar-refractivity contribution < 1.29 is 14.0 Å². The number of aryl methyl sites for hydroxylation is 2. The summed E-state index contributed by atoms with van der Waals surface area (Å²) in [4.78, 5) is 31.5. The number of aromatic nitrogens is 1. The summed E-state index contributed by atoms with van der Waals surface area (Å²) in [5, 5.41) is 1.07. The Kier molecular flexibility index (Phi) is 4.86. The zero-order chi connectivity index (χ0) is 20.7. The van der Waals surface area contributed by atoms with Gasteiger partial charge in [0.2, 0.25) is 0 Å². The lowest BCUT2D eigenvalue weighted by molar-refractivity contribution is 0.0746. The van der Waals surface area contributed by atoms with Gasteiger partial charge in [0.05, 0.1) is 5.69 Å². The number of nitrogens with one attached hydrogen (secondary N) is 1. The molecule has 1 aliphatic heterocycles. The van der Waals surface area contributed by atoms with E-state index in [0.717, 1.165) is 22.2 Å². The first-order valence-electron chi connectivity index (χ1n) is 9.79. The second-order valence-electron chi connectivity index (χ2n) is 7.64. The minimum atomic E-state index is -0.402. The van der Waals surface area contributed by atoms with Crippen LogP contribution in [0.1, 0.15) is 38.9 Å². The van der Waals surface area contributed by atoms with Gasteiger partial charge in [-0.25, -0.2) is 4.39 Å². The maximum absolute atomic E-state index is 14.4. The average molecular weight is 393 g/mol. The van der Waals surface area contributed by atoms with Gasteiger partial charge < -0.3 is 14.8 Å². The summed E-state index contributed by atoms with van der Waals surface area (Å²) in [6.07, 6.45) is 0. The van der Waals surface area contributed by atoms with Gasteiger partial charge in [0.15, 0.2) is 5.78 Å². The van der Waals surface area contributed by atoms with Gasteiger partial charge in [0.25, 0.3) is 5.91 Å². The van der Waals surface area contributed by atoms with Crippen LogP contribution in [0.15, 0.2) is 36.4 Å². The van der Waals surface area contributed by atoms with E-state index in [1.807, 2.05) is 41.8 Å². The Labute approximate surface area is 169 Å². The van der Waals surface area contributed by atoms with Gasteiger partial charge in [-0.05, 0) is 62.7 Å². The molecule has 6 heteroatoms. The normalized spacial score (nSPS) is 14.5. The zero-order valence-corrected chi connectivity index (χ0v) is 16.9. The number of piperazine rings is 1. The van der Waals surface area contributed by atoms with Gasteiger partial charge >= 0.3 is 0 Å². The number of nitrogens with zero attached hydrogens (tertiary/aromatic N) is 2. The second-order valence-corrected chi connectivity index (χ2v) is 7.64. The summed E-state index contributed by atoms with van der Waals surface area (Å²) in [6.45, 7) is 7.64. The Balaban J connectivity index is 1.47. The lowest BCUT2D eigenvalue weighted by Crippen LogP contribution is -2.49. The third kappa shape index (κ3) is 3.50. The molecule has 0 aliphatic carbocycles. The van der Waals surface area contributed by atoms with Crippen LogP contribution in [0.2, 0.25) is 0 Å². The third-order valence-electron chi connectivity index (χ3n) is 5.82. The van der Waals surface area contributed by atoms with E-state index >= 15 is 0 Å². The number of aromatic amines is 1. The van der Waals surface area contributed by atoms with Gasteiger partial charge in [0.1, 0.15) is 5.82 Å². The van der Waals surface area contributed by atoms with Crippen LogP contribution in [0, 0.1) is 19.7 Å². The van der Waals surface area contributed by atoms with Crippen LogP contribution in [-0.4, -0.2) is 47.8 Å². The van der Waals surface area contributed by atoms with Crippen molar-refractivity contribution >= 4 is 28.3 Å². The monoisotopic (exact) mass is 393 g/mol. The number of H-pyrrole nitrogens is 1. The lowest BCUT2D eigenvalue weighted by atomic mass is 10.1. The molecule has 0 unspecified atom stereocenters. The molecular formula is C23H24FN3O2. The fourth-order valence-corrected chi connectivity index (χ4v) is 3.91. The van der Waals surface area contributed by atoms with Crippen LogP contribution in [0.4, 0.5) is 10.1 Å². The van der Waals surface area contributed by atoms with Crippen LogP contribution >= 0.6 is 0 Å². The number of anilines is 1. The van der Waals surface area contributed by atoms with Gasteiger partial charge in [-0.3, -0.25) is 9.59 Å². The van der Waals surface area contributed by atoms with E-state index in [4.69, 9.17) is 0 Å². The molecule has 0 radical (unpaired) electrons. The highest BCUT2D eigenvalue weighted by Crippen LogP contribution is 2.25. The second kappa shape index (κ2) is 7.35. The molecule has 1 amide bonds. The first-order valence-corrected chi connectivity index (χ1v) is 9.79. The Bertz CT molecular complexity index is 1110. The number of carbonyl (C=O) groups excluding carboxylic acids is 2. The Morgan fingerprint density at radius 1 is 0.966 bits per heavy atom. The third-order valence-corrected chi connectivity index (χ3v) is 5.82. The number of fused-ring (bicyclic) bond motifs is 1. The van der Waals surface area contributed by atoms with Crippen LogP contribution in [-0.2, 0) is 0 Å². The highest BCUT2D eigenvalue weighted by Gasteiger charge is 2.24. The molecule has 29 heavy (non-hydrogen) atoms. The average Bonchev–Trinajstić information content (AvgIpc) is 3.01. The van der Waals surface area contributed by atoms with Gasteiger partial charge in [-0.15, -0.1) is 0 Å². The predicted octanol–water partition coefficient (Wildman–Crippen LogP) is 4.09. The van der Waals surface area contributed by atoms with Gasteiger partial charge in [-0.1, -0.05) is 0 Å². The fraction of sp³-hybridized carbons (Fsp3) is 0.304. The molecule has 0 saturated carbocycles. The Morgan fingerprint density at radius 2 is 1.66 bits per heavy atom. The molecule has 1 N–H and O–H groups in total. The van der Waals surface area contributed by atoms with Crippen molar-refractivity contribution in [1.82, 2.24) is 9.88 Å². The molecule has 4 rings (SSSR count). The summed E-state index contributed by atoms with van der Waals surface area (Å²) in [5.41, 5.74) is 4.81. The number of benzene rings is 2. The molecule has 0 spiro atoms. The van der Waals surface area contributed by atoms with Crippen LogP contribution in [0.3, 0.4) is 0 Å². The van der Waals surface area contributed by atoms with Crippen LogP contribution < -0.4 is 4.90 Å². The molecule has 2 aromatic carbocycles. The van der Waals surface area contributed by atoms with Crippen molar-refractivity contribution in [2.75, 3.05) is 31.1 Å². The van der Waals surface area contributed by atoms with Crippen LogP contribution in [0.5, 0.6) is 0 Å². The van der Waals surface area contributed by atoms with Crippen molar-refractivity contribution in [2.45, 2.75) is 20.8 Å². The smallest absolute Gasteiger partial charge is 0.253 e. The minimum absolute atomic E-state index is 0.00259. The standard InChI is InChI=1S/C23H24FN3O2/c1-14-15(2)25-21-6-4-18(12-19(14)21)23(29)27-10-8-26(9-11-27)22-7-5-17(16(3)28)13-20(22)24/h4-7,12-13,25H,8-11H2,1-3H3. The number of halogens is 1. The molecule has 150 valence electrons. The largest absolute Gasteiger partial charge is 0.366 e. The zero-order valence-electron chi connectivity index (χ0n) is 16.9. The number of amides is 1. The van der Waals surface area contributed by atoms with Gasteiger partial charge in [-0.2, -0.15) is 0 Å². The summed E-state index contributed by atoms with van der Waals surface area (Å²) >= 11 is 0. The topological polar surface area (TPSA) is 56.4 Å². The molecule has 1 saturated heterocycles. The van der Waals surface area contributed by atoms with E-state index < -0.39 is 5.82 Å². The van der Waals surface area contributed by atoms with E-state index in [-0.39, 0.29) is 11.7 Å².